The fraction of sp³-hybridized carbons (Fsp3) is 0.767. The average molecular weight is 653 g/mol. The van der Waals surface area contributed by atoms with Crippen molar-refractivity contribution in [3.05, 3.63) is 34.9 Å². The summed E-state index contributed by atoms with van der Waals surface area (Å²) in [6.07, 6.45) is 21.3. The standard InChI is InChI=1S/C29H42O3.C7H14.C4H8O.C3H8/c1-4-9-23(16-22-17-24-13-8-10-20(3)29(24)28(32)18-22)26(5-2)27(31)19-25(30)15-14-21-11-6-7-12-21;1-2-7-5-3-4-6-7;1-3-4(2)5;1-3-2/h8,10,13,21-23,26H,4-7,9,11-12,14-19H2,1-3H3;7H,2-6H2,1H3;3H2,1-2H3;3H2,1-2H3. The van der Waals surface area contributed by atoms with E-state index in [-0.39, 0.29) is 41.4 Å². The molecule has 0 N–H and O–H groups in total. The summed E-state index contributed by atoms with van der Waals surface area (Å²) in [4.78, 5) is 48.4. The van der Waals surface area contributed by atoms with Gasteiger partial charge in [-0.2, -0.15) is 0 Å². The van der Waals surface area contributed by atoms with Crippen LogP contribution in [0.4, 0.5) is 0 Å². The van der Waals surface area contributed by atoms with Crippen molar-refractivity contribution in [3.63, 3.8) is 0 Å². The molecule has 1 aromatic rings. The molecule has 3 aliphatic rings. The smallest absolute Gasteiger partial charge is 0.163 e. The number of carbonyl (C=O) groups excluding carboxylic acids is 4. The van der Waals surface area contributed by atoms with Crippen molar-refractivity contribution in [1.29, 1.82) is 0 Å². The minimum Gasteiger partial charge on any atom is -0.300 e. The monoisotopic (exact) mass is 653 g/mol. The first kappa shape index (κ1) is 42.9. The van der Waals surface area contributed by atoms with Gasteiger partial charge in [0.25, 0.3) is 0 Å². The van der Waals surface area contributed by atoms with Gasteiger partial charge in [0.1, 0.15) is 17.3 Å². The maximum Gasteiger partial charge on any atom is 0.163 e. The number of hydrogen-bond donors (Lipinski definition) is 0. The van der Waals surface area contributed by atoms with Crippen molar-refractivity contribution < 1.29 is 19.2 Å². The quantitative estimate of drug-likeness (QED) is 0.188. The summed E-state index contributed by atoms with van der Waals surface area (Å²) in [5, 5.41) is 0. The second-order valence-corrected chi connectivity index (χ2v) is 14.8. The molecule has 2 fully saturated rings. The van der Waals surface area contributed by atoms with Gasteiger partial charge in [-0.3, -0.25) is 14.4 Å². The molecular weight excluding hydrogens is 580 g/mol. The second-order valence-electron chi connectivity index (χ2n) is 14.8. The van der Waals surface area contributed by atoms with Gasteiger partial charge >= 0.3 is 0 Å². The summed E-state index contributed by atoms with van der Waals surface area (Å²) in [5.41, 5.74) is 3.17. The molecule has 0 bridgehead atoms. The number of Topliss-reactive ketones (excluding diaryl/α,β-unsaturated/α-hetero) is 4. The number of rotatable bonds is 14. The SMILES string of the molecule is CCC.CCC(C)=O.CCC1CCCC1.CCCC(CC1CC(=O)c2c(C)cccc2C1)C(CC)C(=O)CC(=O)CCC1CCCC1. The molecule has 4 heteroatoms. The van der Waals surface area contributed by atoms with E-state index >= 15 is 0 Å². The predicted molar refractivity (Wildman–Crippen MR) is 199 cm³/mol. The summed E-state index contributed by atoms with van der Waals surface area (Å²) in [7, 11) is 0. The van der Waals surface area contributed by atoms with Crippen molar-refractivity contribution in [3.8, 4) is 0 Å². The Labute approximate surface area is 290 Å². The summed E-state index contributed by atoms with van der Waals surface area (Å²) < 4.78 is 0. The number of carbonyl (C=O) groups is 4. The van der Waals surface area contributed by atoms with Crippen LogP contribution in [0.5, 0.6) is 0 Å². The molecule has 3 atom stereocenters. The van der Waals surface area contributed by atoms with E-state index in [9.17, 15) is 19.2 Å². The van der Waals surface area contributed by atoms with Gasteiger partial charge < -0.3 is 4.79 Å². The van der Waals surface area contributed by atoms with E-state index in [1.54, 1.807) is 6.92 Å². The van der Waals surface area contributed by atoms with E-state index in [4.69, 9.17) is 0 Å². The first-order valence-corrected chi connectivity index (χ1v) is 19.7. The van der Waals surface area contributed by atoms with Crippen molar-refractivity contribution in [2.45, 2.75) is 184 Å². The highest BCUT2D eigenvalue weighted by Gasteiger charge is 2.33. The van der Waals surface area contributed by atoms with Gasteiger partial charge in [0.05, 0.1) is 6.42 Å². The van der Waals surface area contributed by atoms with Crippen LogP contribution in [0, 0.1) is 36.5 Å². The van der Waals surface area contributed by atoms with Crippen LogP contribution in [0.25, 0.3) is 0 Å². The summed E-state index contributed by atoms with van der Waals surface area (Å²) in [5.74, 6) is 3.08. The largest absolute Gasteiger partial charge is 0.300 e. The van der Waals surface area contributed by atoms with Gasteiger partial charge in [-0.05, 0) is 74.3 Å². The zero-order chi connectivity index (χ0) is 35.2. The molecule has 2 saturated carbocycles. The Kier molecular flexibility index (Phi) is 22.8. The van der Waals surface area contributed by atoms with Crippen molar-refractivity contribution in [2.24, 2.45) is 29.6 Å². The molecule has 0 spiro atoms. The second kappa shape index (κ2) is 25.0. The molecule has 3 aliphatic carbocycles. The normalized spacial score (nSPS) is 18.8. The van der Waals surface area contributed by atoms with Gasteiger partial charge in [0.2, 0.25) is 0 Å². The zero-order valence-corrected chi connectivity index (χ0v) is 31.9. The number of benzene rings is 1. The van der Waals surface area contributed by atoms with E-state index < -0.39 is 0 Å². The topological polar surface area (TPSA) is 68.3 Å². The van der Waals surface area contributed by atoms with E-state index in [1.807, 2.05) is 26.0 Å². The molecule has 1 aromatic carbocycles. The fourth-order valence-corrected chi connectivity index (χ4v) is 7.81. The lowest BCUT2D eigenvalue weighted by molar-refractivity contribution is -0.131. The van der Waals surface area contributed by atoms with E-state index in [0.29, 0.717) is 31.1 Å². The lowest BCUT2D eigenvalue weighted by Crippen LogP contribution is -2.30. The minimum absolute atomic E-state index is 0.0561. The Bertz CT molecular complexity index is 1040. The van der Waals surface area contributed by atoms with Crippen molar-refractivity contribution >= 4 is 23.1 Å². The third-order valence-electron chi connectivity index (χ3n) is 10.6. The van der Waals surface area contributed by atoms with Crippen molar-refractivity contribution in [1.82, 2.24) is 0 Å². The summed E-state index contributed by atoms with van der Waals surface area (Å²) >= 11 is 0. The van der Waals surface area contributed by atoms with Crippen LogP contribution in [0.15, 0.2) is 18.2 Å². The summed E-state index contributed by atoms with van der Waals surface area (Å²) in [6.45, 7) is 16.3. The highest BCUT2D eigenvalue weighted by atomic mass is 16.1. The van der Waals surface area contributed by atoms with Crippen LogP contribution >= 0.6 is 0 Å². The molecule has 4 nitrogen and oxygen atoms in total. The van der Waals surface area contributed by atoms with Gasteiger partial charge in [-0.15, -0.1) is 0 Å². The maximum absolute atomic E-state index is 13.2. The molecule has 4 rings (SSSR count). The van der Waals surface area contributed by atoms with Gasteiger partial charge in [-0.25, -0.2) is 0 Å². The van der Waals surface area contributed by atoms with Gasteiger partial charge in [0, 0.05) is 30.7 Å². The molecule has 0 saturated heterocycles. The third kappa shape index (κ3) is 16.7. The molecule has 0 radical (unpaired) electrons. The molecule has 0 heterocycles. The molecule has 3 unspecified atom stereocenters. The first-order chi connectivity index (χ1) is 22.5. The highest BCUT2D eigenvalue weighted by molar-refractivity contribution is 6.00. The average Bonchev–Trinajstić information content (AvgIpc) is 3.76. The molecule has 0 aliphatic heterocycles. The van der Waals surface area contributed by atoms with Crippen LogP contribution < -0.4 is 0 Å². The van der Waals surface area contributed by atoms with Crippen LogP contribution in [-0.2, 0) is 20.8 Å². The first-order valence-electron chi connectivity index (χ1n) is 19.7. The van der Waals surface area contributed by atoms with Gasteiger partial charge in [0.15, 0.2) is 5.78 Å². The Morgan fingerprint density at radius 1 is 0.830 bits per heavy atom. The van der Waals surface area contributed by atoms with Crippen LogP contribution in [0.2, 0.25) is 0 Å². The Morgan fingerprint density at radius 2 is 1.40 bits per heavy atom. The highest BCUT2D eigenvalue weighted by Crippen LogP contribution is 2.36. The van der Waals surface area contributed by atoms with E-state index in [1.165, 1.54) is 69.8 Å². The number of fused-ring (bicyclic) bond motifs is 1. The molecule has 0 aromatic heterocycles. The van der Waals surface area contributed by atoms with Crippen LogP contribution in [0.1, 0.15) is 192 Å². The Morgan fingerprint density at radius 3 is 1.89 bits per heavy atom. The predicted octanol–water partition coefficient (Wildman–Crippen LogP) is 12.1. The number of ketones is 4. The number of aryl methyl sites for hydroxylation is 1. The van der Waals surface area contributed by atoms with Crippen LogP contribution in [0.3, 0.4) is 0 Å². The lowest BCUT2D eigenvalue weighted by Gasteiger charge is -2.31. The van der Waals surface area contributed by atoms with Crippen molar-refractivity contribution in [2.75, 3.05) is 0 Å². The molecule has 268 valence electrons. The maximum atomic E-state index is 13.2. The fourth-order valence-electron chi connectivity index (χ4n) is 7.81. The zero-order valence-electron chi connectivity index (χ0n) is 31.9. The molecular formula is C43H72O4. The molecule has 0 amide bonds. The molecule has 47 heavy (non-hydrogen) atoms. The van der Waals surface area contributed by atoms with Crippen LogP contribution in [-0.4, -0.2) is 23.1 Å². The minimum atomic E-state index is -0.0561. The summed E-state index contributed by atoms with van der Waals surface area (Å²) in [6, 6.07) is 6.15. The number of hydrogen-bond acceptors (Lipinski definition) is 4. The van der Waals surface area contributed by atoms with E-state index in [2.05, 4.69) is 40.7 Å². The van der Waals surface area contributed by atoms with Gasteiger partial charge in [-0.1, -0.05) is 137 Å². The lowest BCUT2D eigenvalue weighted by atomic mass is 9.72. The Hall–Kier alpha value is -2.10. The third-order valence-corrected chi connectivity index (χ3v) is 10.6. The Balaban J connectivity index is 0.000000607. The van der Waals surface area contributed by atoms with E-state index in [0.717, 1.165) is 55.6 Å².